The average Bonchev–Trinajstić information content (AvgIpc) is 3.11. The van der Waals surface area contributed by atoms with Gasteiger partial charge in [0.25, 0.3) is 5.91 Å². The van der Waals surface area contributed by atoms with Crippen LogP contribution in [0.25, 0.3) is 21.1 Å². The van der Waals surface area contributed by atoms with E-state index in [0.717, 1.165) is 15.8 Å². The van der Waals surface area contributed by atoms with Gasteiger partial charge in [0.15, 0.2) is 0 Å². The number of aromatic nitrogens is 4. The highest BCUT2D eigenvalue weighted by Crippen LogP contribution is 2.40. The third-order valence-electron chi connectivity index (χ3n) is 5.88. The molecule has 2 amide bonds. The fourth-order valence-electron chi connectivity index (χ4n) is 4.20. The van der Waals surface area contributed by atoms with E-state index in [1.807, 2.05) is 19.1 Å². The number of rotatable bonds is 2. The highest BCUT2D eigenvalue weighted by Gasteiger charge is 2.28. The molecule has 3 aromatic heterocycles. The number of thiophene rings is 1. The van der Waals surface area contributed by atoms with Gasteiger partial charge < -0.3 is 20.3 Å². The first kappa shape index (κ1) is 21.0. The number of hydrogen-bond acceptors (Lipinski definition) is 9. The van der Waals surface area contributed by atoms with Crippen LogP contribution in [-0.2, 0) is 17.8 Å². The van der Waals surface area contributed by atoms with E-state index in [2.05, 4.69) is 30.6 Å². The fourth-order valence-corrected chi connectivity index (χ4v) is 5.46. The lowest BCUT2D eigenvalue weighted by atomic mass is 10.1. The maximum Gasteiger partial charge on any atom is 0.263 e. The molecule has 0 fully saturated rings. The second-order valence-electron chi connectivity index (χ2n) is 8.33. The van der Waals surface area contributed by atoms with Crippen molar-refractivity contribution in [2.45, 2.75) is 25.9 Å². The van der Waals surface area contributed by atoms with E-state index in [4.69, 9.17) is 16.3 Å². The molecule has 172 valence electrons. The van der Waals surface area contributed by atoms with Crippen LogP contribution in [0, 0.1) is 0 Å². The Labute approximate surface area is 202 Å². The molecule has 5 heterocycles. The molecular weight excluding hydrogens is 478 g/mol. The smallest absolute Gasteiger partial charge is 0.263 e. The van der Waals surface area contributed by atoms with Crippen LogP contribution in [0.15, 0.2) is 18.3 Å². The molecule has 4 aromatic rings. The van der Waals surface area contributed by atoms with Gasteiger partial charge in [0, 0.05) is 29.7 Å². The SMILES string of the molecule is C[C@@H]1CNc2c(sc3ccc4nc(Oc5nc(Cl)nc6c5CN(C)C(=O)C6)cnc4c23)C(=O)N1. The van der Waals surface area contributed by atoms with Gasteiger partial charge in [0.05, 0.1) is 47.1 Å². The Balaban J connectivity index is 1.42. The fraction of sp³-hybridized carbons (Fsp3) is 0.273. The lowest BCUT2D eigenvalue weighted by Gasteiger charge is -2.25. The Morgan fingerprint density at radius 3 is 2.94 bits per heavy atom. The first-order valence-corrected chi connectivity index (χ1v) is 11.8. The molecule has 0 radical (unpaired) electrons. The normalized spacial score (nSPS) is 17.7. The molecule has 34 heavy (non-hydrogen) atoms. The maximum atomic E-state index is 12.6. The van der Waals surface area contributed by atoms with Crippen molar-refractivity contribution < 1.29 is 14.3 Å². The predicted octanol–water partition coefficient (Wildman–Crippen LogP) is 3.14. The number of fused-ring (bicyclic) bond motifs is 6. The molecule has 0 saturated heterocycles. The Kier molecular flexibility index (Phi) is 4.78. The zero-order chi connectivity index (χ0) is 23.6. The van der Waals surface area contributed by atoms with Gasteiger partial charge in [-0.2, -0.15) is 4.98 Å². The van der Waals surface area contributed by atoms with E-state index in [0.29, 0.717) is 40.3 Å². The van der Waals surface area contributed by atoms with E-state index in [1.165, 1.54) is 17.5 Å². The molecule has 6 rings (SSSR count). The minimum atomic E-state index is -0.0939. The number of ether oxygens (including phenoxy) is 1. The van der Waals surface area contributed by atoms with Crippen molar-refractivity contribution in [3.63, 3.8) is 0 Å². The Morgan fingerprint density at radius 2 is 2.09 bits per heavy atom. The van der Waals surface area contributed by atoms with Gasteiger partial charge in [-0.25, -0.2) is 15.0 Å². The molecule has 2 aliphatic rings. The van der Waals surface area contributed by atoms with Crippen LogP contribution in [0.2, 0.25) is 5.28 Å². The molecule has 2 aliphatic heterocycles. The number of carbonyl (C=O) groups excluding carboxylic acids is 2. The minimum absolute atomic E-state index is 0.00102. The van der Waals surface area contributed by atoms with Crippen molar-refractivity contribution in [1.29, 1.82) is 0 Å². The van der Waals surface area contributed by atoms with Crippen molar-refractivity contribution in [3.8, 4) is 11.8 Å². The Bertz CT molecular complexity index is 1520. The second-order valence-corrected chi connectivity index (χ2v) is 9.72. The highest BCUT2D eigenvalue weighted by atomic mass is 35.5. The van der Waals surface area contributed by atoms with Crippen molar-refractivity contribution in [2.24, 2.45) is 0 Å². The van der Waals surface area contributed by atoms with Gasteiger partial charge in [0.1, 0.15) is 4.88 Å². The zero-order valence-corrected chi connectivity index (χ0v) is 19.8. The van der Waals surface area contributed by atoms with Gasteiger partial charge in [-0.3, -0.25) is 9.59 Å². The molecular formula is C22H18ClN7O3S. The van der Waals surface area contributed by atoms with Gasteiger partial charge in [-0.05, 0) is 30.7 Å². The van der Waals surface area contributed by atoms with Gasteiger partial charge >= 0.3 is 0 Å². The topological polar surface area (TPSA) is 122 Å². The number of nitrogens with zero attached hydrogens (tertiary/aromatic N) is 5. The van der Waals surface area contributed by atoms with E-state index < -0.39 is 0 Å². The molecule has 2 N–H and O–H groups in total. The van der Waals surface area contributed by atoms with E-state index in [1.54, 1.807) is 11.9 Å². The summed E-state index contributed by atoms with van der Waals surface area (Å²) in [5.41, 5.74) is 3.31. The van der Waals surface area contributed by atoms with E-state index >= 15 is 0 Å². The van der Waals surface area contributed by atoms with Crippen LogP contribution in [-0.4, -0.2) is 56.3 Å². The maximum absolute atomic E-state index is 12.6. The number of halogens is 1. The first-order chi connectivity index (χ1) is 16.4. The lowest BCUT2D eigenvalue weighted by molar-refractivity contribution is -0.130. The molecule has 0 spiro atoms. The quantitative estimate of drug-likeness (QED) is 0.407. The zero-order valence-electron chi connectivity index (χ0n) is 18.2. The van der Waals surface area contributed by atoms with E-state index in [-0.39, 0.29) is 41.3 Å². The molecule has 0 unspecified atom stereocenters. The standard InChI is InChI=1S/C22H18ClN7O3S/c1-9-6-24-18-16-13(34-19(18)20(32)26-9)4-3-11-17(16)25-7-14(27-11)33-21-10-8-30(2)15(31)5-12(10)28-22(23)29-21/h3-4,7,9,24H,5-6,8H2,1-2H3,(H,26,32)/t9-/m1/s1. The van der Waals surface area contributed by atoms with Crippen molar-refractivity contribution in [1.82, 2.24) is 30.2 Å². The minimum Gasteiger partial charge on any atom is -0.418 e. The summed E-state index contributed by atoms with van der Waals surface area (Å²) in [6.07, 6.45) is 1.65. The monoisotopic (exact) mass is 495 g/mol. The van der Waals surface area contributed by atoms with Crippen LogP contribution in [0.3, 0.4) is 0 Å². The average molecular weight is 496 g/mol. The van der Waals surface area contributed by atoms with Gasteiger partial charge in [-0.1, -0.05) is 0 Å². The van der Waals surface area contributed by atoms with Crippen molar-refractivity contribution in [3.05, 3.63) is 39.7 Å². The van der Waals surface area contributed by atoms with Gasteiger partial charge in [-0.15, -0.1) is 11.3 Å². The summed E-state index contributed by atoms with van der Waals surface area (Å²) < 4.78 is 6.93. The molecule has 1 atom stereocenters. The molecule has 0 bridgehead atoms. The summed E-state index contributed by atoms with van der Waals surface area (Å²) in [6.45, 7) is 2.89. The molecule has 0 aliphatic carbocycles. The summed E-state index contributed by atoms with van der Waals surface area (Å²) in [5.74, 6) is 0.350. The molecule has 1 aromatic carbocycles. The summed E-state index contributed by atoms with van der Waals surface area (Å²) in [7, 11) is 1.71. The number of anilines is 1. The summed E-state index contributed by atoms with van der Waals surface area (Å²) >= 11 is 7.51. The number of hydrogen-bond donors (Lipinski definition) is 2. The number of likely N-dealkylation sites (N-methyl/N-ethyl adjacent to an activating group) is 1. The van der Waals surface area contributed by atoms with Crippen LogP contribution in [0.5, 0.6) is 11.8 Å². The highest BCUT2D eigenvalue weighted by molar-refractivity contribution is 7.21. The number of carbonyl (C=O) groups is 2. The summed E-state index contributed by atoms with van der Waals surface area (Å²) in [4.78, 5) is 44.6. The van der Waals surface area contributed by atoms with E-state index in [9.17, 15) is 9.59 Å². The largest absolute Gasteiger partial charge is 0.418 e. The molecule has 0 saturated carbocycles. The Morgan fingerprint density at radius 1 is 1.24 bits per heavy atom. The third-order valence-corrected chi connectivity index (χ3v) is 7.20. The number of benzene rings is 1. The second kappa shape index (κ2) is 7.74. The summed E-state index contributed by atoms with van der Waals surface area (Å²) in [5, 5.41) is 7.24. The van der Waals surface area contributed by atoms with Crippen LogP contribution in [0.4, 0.5) is 5.69 Å². The van der Waals surface area contributed by atoms with Crippen molar-refractivity contribution >= 4 is 61.6 Å². The summed E-state index contributed by atoms with van der Waals surface area (Å²) in [6, 6.07) is 3.80. The van der Waals surface area contributed by atoms with Crippen LogP contribution >= 0.6 is 22.9 Å². The van der Waals surface area contributed by atoms with Crippen molar-refractivity contribution in [2.75, 3.05) is 18.9 Å². The molecule has 12 heteroatoms. The number of nitrogens with one attached hydrogen (secondary N) is 2. The van der Waals surface area contributed by atoms with Crippen LogP contribution in [0.1, 0.15) is 27.9 Å². The van der Waals surface area contributed by atoms with Crippen LogP contribution < -0.4 is 15.4 Å². The van der Waals surface area contributed by atoms with Gasteiger partial charge in [0.2, 0.25) is 23.0 Å². The first-order valence-electron chi connectivity index (χ1n) is 10.6. The third kappa shape index (κ3) is 3.39. The lowest BCUT2D eigenvalue weighted by Crippen LogP contribution is -2.34. The molecule has 10 nitrogen and oxygen atoms in total. The number of amides is 2. The Hall–Kier alpha value is -3.57. The predicted molar refractivity (Wildman–Crippen MR) is 128 cm³/mol.